The highest BCUT2D eigenvalue weighted by atomic mass is 19.4. The van der Waals surface area contributed by atoms with E-state index < -0.39 is 156 Å². The van der Waals surface area contributed by atoms with Crippen LogP contribution in [0.3, 0.4) is 0 Å². The van der Waals surface area contributed by atoms with Crippen LogP contribution in [0.2, 0.25) is 0 Å². The van der Waals surface area contributed by atoms with E-state index in [0.717, 1.165) is 30.8 Å². The van der Waals surface area contributed by atoms with Gasteiger partial charge in [0, 0.05) is 65.4 Å². The van der Waals surface area contributed by atoms with Gasteiger partial charge in [0.2, 0.25) is 0 Å². The zero-order valence-corrected chi connectivity index (χ0v) is 70.4. The van der Waals surface area contributed by atoms with E-state index in [4.69, 9.17) is 48.7 Å². The van der Waals surface area contributed by atoms with Gasteiger partial charge in [0.25, 0.3) is 0 Å². The maximum absolute atomic E-state index is 13.7. The van der Waals surface area contributed by atoms with E-state index in [9.17, 15) is 101 Å². The summed E-state index contributed by atoms with van der Waals surface area (Å²) in [5.41, 5.74) is -7.30. The fourth-order valence-corrected chi connectivity index (χ4v) is 12.0. The molecule has 0 saturated carbocycles. The van der Waals surface area contributed by atoms with Crippen molar-refractivity contribution >= 4 is 60.4 Å². The number of hydrogen-bond acceptors (Lipinski definition) is 21. The number of halogens is 12. The standard InChI is InChI=1S/C19H25F3N2O4.C14H22F3NO4.C13H23NO4.C12H18F3NO4.C11H19F3N2O2.C8H15NO2/c1-17(2,3)28-16(26)24-11-9-18(10-12-24,19(20,21)22)23-15(25)27-13-14-7-5-4-6-8-14;1-5-21-10(19)13(14(15,16)17)6-8-18(9-7-13)11(20)22-12(2,3)4;1-5-17-11(15)10-6-8-14(9-7-10)12(16)18-13(2,3)4;1-10(2,3)20-9(19)16-6-4-11(5-7-16,8(17)18)12(13,14)15;1-9(2,3)18-8(17)16-6-4-10(15,5-7-16)11(12,13)14;1-2-11-8(10)7-3-5-9-6-4-7/h4-8H,9-13H2,1-3H3,(H,23,25);5-9H2,1-4H3;10H,5-9H2,1-4H3;4-7H2,1-3H3,(H,17,18);4-7,15H2,1-3H3;7,9H,2-6H2,1H3. The van der Waals surface area contributed by atoms with Crippen molar-refractivity contribution in [2.24, 2.45) is 28.4 Å². The number of carboxylic acids is 1. The second-order valence-electron chi connectivity index (χ2n) is 33.7. The fraction of sp³-hybridized carbons (Fsp3) is 0.792. The molecule has 6 aliphatic rings. The quantitative estimate of drug-likeness (QED) is 0.0960. The van der Waals surface area contributed by atoms with Crippen molar-refractivity contribution in [2.45, 2.75) is 272 Å². The summed E-state index contributed by atoms with van der Waals surface area (Å²) in [5.74, 6) is -3.27. The Balaban J connectivity index is 0.000000484. The van der Waals surface area contributed by atoms with Gasteiger partial charge in [0.15, 0.2) is 10.8 Å². The average molecular weight is 1710 g/mol. The molecule has 6 saturated heterocycles. The van der Waals surface area contributed by atoms with E-state index in [0.29, 0.717) is 44.7 Å². The van der Waals surface area contributed by atoms with Crippen LogP contribution in [0.15, 0.2) is 30.3 Å². The molecular formula is C77H122F12N8O20. The summed E-state index contributed by atoms with van der Waals surface area (Å²) in [4.78, 5) is 123. The third-order valence-electron chi connectivity index (χ3n) is 18.7. The third kappa shape index (κ3) is 35.0. The fourth-order valence-electron chi connectivity index (χ4n) is 12.0. The maximum atomic E-state index is 13.7. The molecule has 6 amide bonds. The molecule has 674 valence electrons. The Morgan fingerprint density at radius 2 is 0.709 bits per heavy atom. The van der Waals surface area contributed by atoms with Crippen LogP contribution in [0.5, 0.6) is 0 Å². The summed E-state index contributed by atoms with van der Waals surface area (Å²) in [6.07, 6.45) is -23.5. The predicted octanol–water partition coefficient (Wildman–Crippen LogP) is 15.0. The van der Waals surface area contributed by atoms with Gasteiger partial charge in [-0.25, -0.2) is 28.8 Å². The maximum Gasteiger partial charge on any atom is 0.411 e. The monoisotopic (exact) mass is 1710 g/mol. The van der Waals surface area contributed by atoms with Crippen molar-refractivity contribution < 1.29 is 148 Å². The number of carboxylic acid groups (broad SMARTS) is 1. The van der Waals surface area contributed by atoms with Crippen molar-refractivity contribution in [3.63, 3.8) is 0 Å². The summed E-state index contributed by atoms with van der Waals surface area (Å²) in [6, 6.07) is 8.65. The number of carbonyl (C=O) groups excluding carboxylic acids is 9. The highest BCUT2D eigenvalue weighted by Crippen LogP contribution is 2.49. The minimum atomic E-state index is -4.83. The number of rotatable bonds is 10. The number of esters is 3. The second kappa shape index (κ2) is 43.7. The number of alkyl carbamates (subject to hydrolysis) is 1. The first-order chi connectivity index (χ1) is 53.4. The zero-order valence-electron chi connectivity index (χ0n) is 70.4. The predicted molar refractivity (Wildman–Crippen MR) is 400 cm³/mol. The number of aliphatic carboxylic acids is 1. The lowest BCUT2D eigenvalue weighted by Gasteiger charge is -2.42. The van der Waals surface area contributed by atoms with E-state index in [1.165, 1.54) is 21.6 Å². The highest BCUT2D eigenvalue weighted by molar-refractivity contribution is 5.79. The molecule has 1 aromatic carbocycles. The van der Waals surface area contributed by atoms with Gasteiger partial charge in [0.1, 0.15) is 45.7 Å². The number of ether oxygens (including phenoxy) is 9. The first-order valence-corrected chi connectivity index (χ1v) is 38.7. The average Bonchev–Trinajstić information content (AvgIpc) is 0.780. The van der Waals surface area contributed by atoms with E-state index in [-0.39, 0.29) is 108 Å². The van der Waals surface area contributed by atoms with Gasteiger partial charge in [0.05, 0.1) is 31.7 Å². The van der Waals surface area contributed by atoms with Gasteiger partial charge in [-0.3, -0.25) is 19.2 Å². The van der Waals surface area contributed by atoms with Crippen LogP contribution in [0.1, 0.15) is 207 Å². The number of carbonyl (C=O) groups is 10. The lowest BCUT2D eigenvalue weighted by atomic mass is 9.77. The Bertz CT molecular complexity index is 3320. The Labute approximate surface area is 676 Å². The molecule has 28 nitrogen and oxygen atoms in total. The minimum absolute atomic E-state index is 0.0194. The lowest BCUT2D eigenvalue weighted by Crippen LogP contribution is -2.64. The van der Waals surface area contributed by atoms with E-state index in [1.807, 2.05) is 33.0 Å². The SMILES string of the molecule is CC(C)(C)OC(=O)N1CCC(C(=O)O)(C(F)(F)F)CC1.CC(C)(C)OC(=O)N1CCC(N)(C(F)(F)F)CC1.CC(C)(C)OC(=O)N1CCC(NC(=O)OCc2ccccc2)(C(F)(F)F)CC1.CCOC(=O)C1(C(F)(F)F)CCN(C(=O)OC(C)(C)C)CC1.CCOC(=O)C1CCN(C(=O)OC(C)(C)C)CC1.CCOC(=O)C1CCNCC1. The minimum Gasteiger partial charge on any atom is -0.481 e. The summed E-state index contributed by atoms with van der Waals surface area (Å²) in [7, 11) is 0. The molecule has 6 aliphatic heterocycles. The van der Waals surface area contributed by atoms with Crippen LogP contribution < -0.4 is 16.4 Å². The molecule has 5 N–H and O–H groups in total. The number of benzene rings is 1. The number of nitrogens with one attached hydrogen (secondary N) is 2. The molecule has 0 unspecified atom stereocenters. The molecule has 0 aliphatic carbocycles. The van der Waals surface area contributed by atoms with Crippen LogP contribution >= 0.6 is 0 Å². The number of hydrogen-bond donors (Lipinski definition) is 4. The zero-order chi connectivity index (χ0) is 90.0. The number of piperidine rings is 6. The molecule has 6 fully saturated rings. The van der Waals surface area contributed by atoms with Crippen molar-refractivity contribution in [3.8, 4) is 0 Å². The highest BCUT2D eigenvalue weighted by Gasteiger charge is 2.64. The summed E-state index contributed by atoms with van der Waals surface area (Å²) >= 11 is 0. The number of nitrogens with two attached hydrogens (primary N) is 1. The Morgan fingerprint density at radius 1 is 0.410 bits per heavy atom. The Kier molecular flexibility index (Phi) is 39.1. The number of alkyl halides is 12. The summed E-state index contributed by atoms with van der Waals surface area (Å²) < 4.78 is 203. The molecule has 1 aromatic rings. The largest absolute Gasteiger partial charge is 0.481 e. The number of nitrogens with zero attached hydrogens (tertiary/aromatic N) is 5. The van der Waals surface area contributed by atoms with Crippen molar-refractivity contribution in [1.29, 1.82) is 0 Å². The molecule has 40 heteroatoms. The molecule has 6 heterocycles. The lowest BCUT2D eigenvalue weighted by molar-refractivity contribution is -0.244. The third-order valence-corrected chi connectivity index (χ3v) is 18.7. The molecule has 0 atom stereocenters. The van der Waals surface area contributed by atoms with E-state index >= 15 is 0 Å². The van der Waals surface area contributed by atoms with E-state index in [2.05, 4.69) is 10.1 Å². The second-order valence-corrected chi connectivity index (χ2v) is 33.7. The Morgan fingerprint density at radius 3 is 1.00 bits per heavy atom. The number of amides is 6. The molecule has 117 heavy (non-hydrogen) atoms. The smallest absolute Gasteiger partial charge is 0.411 e. The van der Waals surface area contributed by atoms with Gasteiger partial charge < -0.3 is 88.6 Å². The molecule has 0 spiro atoms. The van der Waals surface area contributed by atoms with Crippen LogP contribution in [-0.4, -0.2) is 252 Å². The number of likely N-dealkylation sites (tertiary alicyclic amines) is 5. The molecule has 7 rings (SSSR count). The van der Waals surface area contributed by atoms with Gasteiger partial charge >= 0.3 is 85.1 Å². The molecule has 0 aromatic heterocycles. The first kappa shape index (κ1) is 105. The molecular weight excluding hydrogens is 1580 g/mol. The van der Waals surface area contributed by atoms with Crippen LogP contribution in [-0.2, 0) is 68.4 Å². The normalized spacial score (nSPS) is 18.7. The van der Waals surface area contributed by atoms with E-state index in [1.54, 1.807) is 125 Å². The van der Waals surface area contributed by atoms with Gasteiger partial charge in [-0.15, -0.1) is 0 Å². The topological polar surface area (TPSA) is 340 Å². The van der Waals surface area contributed by atoms with Gasteiger partial charge in [-0.05, 0) is 220 Å². The van der Waals surface area contributed by atoms with Crippen LogP contribution in [0, 0.1) is 22.7 Å². The van der Waals surface area contributed by atoms with Crippen molar-refractivity contribution in [1.82, 2.24) is 35.1 Å². The Hall–Kier alpha value is -8.20. The van der Waals surface area contributed by atoms with Crippen molar-refractivity contribution in [3.05, 3.63) is 35.9 Å². The summed E-state index contributed by atoms with van der Waals surface area (Å²) in [5, 5.41) is 14.1. The first-order valence-electron chi connectivity index (χ1n) is 38.7. The van der Waals surface area contributed by atoms with Gasteiger partial charge in [-0.2, -0.15) is 52.7 Å². The summed E-state index contributed by atoms with van der Waals surface area (Å²) in [6.45, 7) is 33.0. The van der Waals surface area contributed by atoms with Gasteiger partial charge in [-0.1, -0.05) is 30.3 Å². The van der Waals surface area contributed by atoms with Crippen molar-refractivity contribution in [2.75, 3.05) is 98.4 Å². The molecule has 0 bridgehead atoms. The molecule has 0 radical (unpaired) electrons. The van der Waals surface area contributed by atoms with Crippen LogP contribution in [0.4, 0.5) is 81.5 Å². The van der Waals surface area contributed by atoms with Crippen LogP contribution in [0.25, 0.3) is 0 Å².